The first-order valence-corrected chi connectivity index (χ1v) is 11.3. The third-order valence-electron chi connectivity index (χ3n) is 5.65. The lowest BCUT2D eigenvalue weighted by Crippen LogP contribution is -2.18. The molecule has 0 radical (unpaired) electrons. The summed E-state index contributed by atoms with van der Waals surface area (Å²) < 4.78 is 22.0. The van der Waals surface area contributed by atoms with E-state index in [1.807, 2.05) is 20.8 Å². The van der Waals surface area contributed by atoms with Gasteiger partial charge in [-0.2, -0.15) is 0 Å². The number of fused-ring (bicyclic) bond motifs is 2. The minimum atomic E-state index is -3.45. The third-order valence-corrected chi connectivity index (χ3v) is 6.88. The van der Waals surface area contributed by atoms with Crippen molar-refractivity contribution >= 4 is 21.6 Å². The van der Waals surface area contributed by atoms with Crippen molar-refractivity contribution in [2.24, 2.45) is 9.50 Å². The van der Waals surface area contributed by atoms with E-state index in [0.717, 1.165) is 49.8 Å². The Hall–Kier alpha value is -2.12. The van der Waals surface area contributed by atoms with Gasteiger partial charge in [0.25, 0.3) is 0 Å². The molecule has 3 N–H and O–H groups in total. The van der Waals surface area contributed by atoms with E-state index in [1.165, 1.54) is 28.5 Å². The number of nitrogens with zero attached hydrogens (tertiary/aromatic N) is 1. The second-order valence-corrected chi connectivity index (χ2v) is 10.5. The van der Waals surface area contributed by atoms with E-state index in [-0.39, 0.29) is 10.5 Å². The molecule has 2 aliphatic rings. The second-order valence-electron chi connectivity index (χ2n) is 8.73. The van der Waals surface area contributed by atoms with E-state index in [0.29, 0.717) is 0 Å². The van der Waals surface area contributed by atoms with Gasteiger partial charge in [-0.05, 0) is 77.8 Å². The van der Waals surface area contributed by atoms with Crippen molar-refractivity contribution in [1.29, 1.82) is 0 Å². The zero-order valence-corrected chi connectivity index (χ0v) is 17.4. The van der Waals surface area contributed by atoms with Gasteiger partial charge in [0.05, 0.1) is 6.26 Å². The van der Waals surface area contributed by atoms with Gasteiger partial charge in [0.2, 0.25) is 5.09 Å². The number of hydrogen-bond donors (Lipinski definition) is 2. The van der Waals surface area contributed by atoms with Gasteiger partial charge in [0.15, 0.2) is 9.92 Å². The Morgan fingerprint density at radius 3 is 2.25 bits per heavy atom. The largest absolute Gasteiger partial charge is 0.453 e. The number of aryl methyl sites for hydroxylation is 2. The molecule has 0 bridgehead atoms. The molecule has 7 heteroatoms. The highest BCUT2D eigenvalue weighted by molar-refractivity contribution is 7.91. The molecule has 0 fully saturated rings. The van der Waals surface area contributed by atoms with Crippen molar-refractivity contribution in [2.45, 2.75) is 69.8 Å². The molecule has 0 spiro atoms. The van der Waals surface area contributed by atoms with Gasteiger partial charge in [-0.25, -0.2) is 14.1 Å². The van der Waals surface area contributed by atoms with Crippen LogP contribution in [0.5, 0.6) is 0 Å². The van der Waals surface area contributed by atoms with E-state index in [2.05, 4.69) is 15.7 Å². The molecule has 28 heavy (non-hydrogen) atoms. The normalized spacial score (nSPS) is 17.7. The lowest BCUT2D eigenvalue weighted by molar-refractivity contribution is 0.260. The third kappa shape index (κ3) is 3.49. The van der Waals surface area contributed by atoms with Crippen molar-refractivity contribution in [3.05, 3.63) is 46.2 Å². The van der Waals surface area contributed by atoms with Crippen molar-refractivity contribution in [3.63, 3.8) is 0 Å². The highest BCUT2D eigenvalue weighted by atomic mass is 32.2. The van der Waals surface area contributed by atoms with Gasteiger partial charge < -0.3 is 9.73 Å². The maximum Gasteiger partial charge on any atom is 0.354 e. The topological polar surface area (TPSA) is 97.7 Å². The number of rotatable bonds is 2. The van der Waals surface area contributed by atoms with Crippen LogP contribution in [0.2, 0.25) is 0 Å². The molecule has 4 rings (SSSR count). The number of carbonyl (C=O) groups excluding carboxylic acids is 1. The fraction of sp³-hybridized carbons (Fsp3) is 0.476. The van der Waals surface area contributed by atoms with Crippen molar-refractivity contribution in [3.8, 4) is 0 Å². The van der Waals surface area contributed by atoms with Crippen molar-refractivity contribution in [1.82, 2.24) is 0 Å². The fourth-order valence-electron chi connectivity index (χ4n) is 4.13. The lowest BCUT2D eigenvalue weighted by atomic mass is 9.89. The monoisotopic (exact) mass is 401 g/mol. The molecule has 2 aromatic rings. The Balaban J connectivity index is 1.65. The van der Waals surface area contributed by atoms with Crippen LogP contribution in [0.1, 0.15) is 61.4 Å². The van der Waals surface area contributed by atoms with E-state index in [4.69, 9.17) is 9.56 Å². The molecular formula is C21H27N3O3S. The number of nitrogens with one attached hydrogen (secondary N) is 1. The molecule has 1 unspecified atom stereocenters. The van der Waals surface area contributed by atoms with Gasteiger partial charge in [0.1, 0.15) is 0 Å². The van der Waals surface area contributed by atoms with E-state index in [1.54, 1.807) is 6.07 Å². The van der Waals surface area contributed by atoms with Crippen molar-refractivity contribution < 1.29 is 13.4 Å². The maximum absolute atomic E-state index is 12.9. The van der Waals surface area contributed by atoms with E-state index in [9.17, 15) is 9.00 Å². The number of urea groups is 1. The smallest absolute Gasteiger partial charge is 0.354 e. The summed E-state index contributed by atoms with van der Waals surface area (Å²) in [5, 5.41) is 8.80. The molecule has 1 aromatic carbocycles. The van der Waals surface area contributed by atoms with Gasteiger partial charge >= 0.3 is 6.03 Å². The van der Waals surface area contributed by atoms with Crippen LogP contribution < -0.4 is 10.5 Å². The van der Waals surface area contributed by atoms with Crippen LogP contribution >= 0.6 is 0 Å². The van der Waals surface area contributed by atoms with Gasteiger partial charge in [-0.3, -0.25) is 0 Å². The minimum Gasteiger partial charge on any atom is -0.453 e. The average Bonchev–Trinajstić information content (AvgIpc) is 3.33. The molecule has 0 saturated heterocycles. The number of carbonyl (C=O) groups is 1. The van der Waals surface area contributed by atoms with Crippen molar-refractivity contribution in [2.75, 3.05) is 5.32 Å². The summed E-state index contributed by atoms with van der Waals surface area (Å²) in [6.07, 6.45) is 7.68. The number of nitrogens with two attached hydrogens (primary N) is 1. The predicted molar refractivity (Wildman–Crippen MR) is 110 cm³/mol. The van der Waals surface area contributed by atoms with Crippen LogP contribution in [0.15, 0.2) is 32.3 Å². The standard InChI is InChI=1S/C21H27N3O3S/c1-21(2,3)15-11-18(27-12-15)28(22,26)24-20(25)23-19-16-8-4-6-13(16)10-14-7-5-9-17(14)19/h10-12H,4-9H2,1-3H3,(H3,22,23,24,25,26). The highest BCUT2D eigenvalue weighted by Crippen LogP contribution is 2.38. The van der Waals surface area contributed by atoms with E-state index >= 15 is 0 Å². The van der Waals surface area contributed by atoms with Gasteiger partial charge in [0, 0.05) is 5.69 Å². The van der Waals surface area contributed by atoms with Crippen LogP contribution in [0.3, 0.4) is 0 Å². The average molecular weight is 402 g/mol. The summed E-state index contributed by atoms with van der Waals surface area (Å²) in [5.41, 5.74) is 6.55. The number of benzene rings is 1. The molecule has 0 saturated carbocycles. The Kier molecular flexibility index (Phi) is 4.62. The Bertz CT molecular complexity index is 1040. The SMILES string of the molecule is CC(C)(C)c1coc(S(N)(=O)=NC(=O)Nc2c3c(cc4c2CCC4)CCC3)c1. The molecule has 2 amide bonds. The quantitative estimate of drug-likeness (QED) is 0.776. The number of anilines is 1. The van der Waals surface area contributed by atoms with Crippen LogP contribution in [-0.4, -0.2) is 10.2 Å². The summed E-state index contributed by atoms with van der Waals surface area (Å²) in [6, 6.07) is 3.23. The van der Waals surface area contributed by atoms with E-state index < -0.39 is 15.9 Å². The molecule has 1 aromatic heterocycles. The number of furan rings is 1. The Labute approximate surface area is 166 Å². The van der Waals surface area contributed by atoms with Crippen LogP contribution in [0.25, 0.3) is 0 Å². The summed E-state index contributed by atoms with van der Waals surface area (Å²) in [5.74, 6) is 0. The molecule has 2 aliphatic carbocycles. The lowest BCUT2D eigenvalue weighted by Gasteiger charge is -2.15. The molecular weight excluding hydrogens is 374 g/mol. The summed E-state index contributed by atoms with van der Waals surface area (Å²) in [7, 11) is -3.45. The maximum atomic E-state index is 12.9. The first-order chi connectivity index (χ1) is 13.1. The molecule has 0 aliphatic heterocycles. The molecule has 150 valence electrons. The number of amides is 2. The number of hydrogen-bond acceptors (Lipinski definition) is 3. The van der Waals surface area contributed by atoms with Crippen LogP contribution in [0.4, 0.5) is 10.5 Å². The van der Waals surface area contributed by atoms with Gasteiger partial charge in [-0.15, -0.1) is 4.36 Å². The first kappa shape index (κ1) is 19.2. The van der Waals surface area contributed by atoms with Crippen LogP contribution in [0, 0.1) is 0 Å². The zero-order chi connectivity index (χ0) is 20.1. The first-order valence-electron chi connectivity index (χ1n) is 9.76. The Morgan fingerprint density at radius 2 is 1.71 bits per heavy atom. The molecule has 6 nitrogen and oxygen atoms in total. The molecule has 1 atom stereocenters. The zero-order valence-electron chi connectivity index (χ0n) is 16.6. The van der Waals surface area contributed by atoms with Gasteiger partial charge in [-0.1, -0.05) is 26.8 Å². The summed E-state index contributed by atoms with van der Waals surface area (Å²) in [4.78, 5) is 12.6. The van der Waals surface area contributed by atoms with Crippen LogP contribution in [-0.2, 0) is 41.0 Å². The Morgan fingerprint density at radius 1 is 1.11 bits per heavy atom. The summed E-state index contributed by atoms with van der Waals surface area (Å²) in [6.45, 7) is 6.04. The highest BCUT2D eigenvalue weighted by Gasteiger charge is 2.26. The fourth-order valence-corrected chi connectivity index (χ4v) is 4.99. The predicted octanol–water partition coefficient (Wildman–Crippen LogP) is 4.49. The minimum absolute atomic E-state index is 0.0242. The summed E-state index contributed by atoms with van der Waals surface area (Å²) >= 11 is 0. The molecule has 1 heterocycles. The second kappa shape index (κ2) is 6.74.